The van der Waals surface area contributed by atoms with Crippen molar-refractivity contribution in [2.45, 2.75) is 31.7 Å². The number of carbonyl (C=O) groups is 1. The molecule has 1 amide bonds. The van der Waals surface area contributed by atoms with Gasteiger partial charge >= 0.3 is 0 Å². The van der Waals surface area contributed by atoms with Gasteiger partial charge in [0.1, 0.15) is 11.6 Å². The Labute approximate surface area is 99.6 Å². The van der Waals surface area contributed by atoms with Gasteiger partial charge in [-0.1, -0.05) is 12.8 Å². The van der Waals surface area contributed by atoms with E-state index >= 15 is 0 Å². The topological polar surface area (TPSA) is 54.0 Å². The van der Waals surface area contributed by atoms with Crippen molar-refractivity contribution >= 4 is 11.7 Å². The van der Waals surface area contributed by atoms with Gasteiger partial charge < -0.3 is 10.6 Å². The Kier molecular flexibility index (Phi) is 3.56. The lowest BCUT2D eigenvalue weighted by molar-refractivity contribution is 0.0938. The van der Waals surface area contributed by atoms with Crippen LogP contribution in [0.2, 0.25) is 0 Å². The molecule has 0 aromatic carbocycles. The first-order valence-corrected chi connectivity index (χ1v) is 5.85. The number of hydrogen-bond donors (Lipinski definition) is 2. The molecule has 2 rings (SSSR count). The molecule has 0 aliphatic heterocycles. The van der Waals surface area contributed by atoms with E-state index in [-0.39, 0.29) is 17.5 Å². The van der Waals surface area contributed by atoms with Gasteiger partial charge in [0.15, 0.2) is 0 Å². The summed E-state index contributed by atoms with van der Waals surface area (Å²) in [5, 5.41) is 5.70. The first-order chi connectivity index (χ1) is 8.20. The van der Waals surface area contributed by atoms with Gasteiger partial charge in [-0.3, -0.25) is 4.79 Å². The normalized spacial score (nSPS) is 15.9. The van der Waals surface area contributed by atoms with Gasteiger partial charge in [0.05, 0.1) is 11.8 Å². The Balaban J connectivity index is 2.14. The predicted molar refractivity (Wildman–Crippen MR) is 63.5 cm³/mol. The quantitative estimate of drug-likeness (QED) is 0.844. The Hall–Kier alpha value is -1.65. The van der Waals surface area contributed by atoms with Crippen molar-refractivity contribution < 1.29 is 9.18 Å². The summed E-state index contributed by atoms with van der Waals surface area (Å²) in [6.45, 7) is 0. The van der Waals surface area contributed by atoms with E-state index in [0.717, 1.165) is 31.9 Å². The highest BCUT2D eigenvalue weighted by Crippen LogP contribution is 2.19. The molecular formula is C12H16FN3O. The number of nitrogens with one attached hydrogen (secondary N) is 2. The number of anilines is 1. The number of pyridine rings is 1. The maximum atomic E-state index is 13.1. The van der Waals surface area contributed by atoms with Crippen molar-refractivity contribution in [3.05, 3.63) is 23.6 Å². The molecule has 2 N–H and O–H groups in total. The summed E-state index contributed by atoms with van der Waals surface area (Å²) in [4.78, 5) is 15.8. The molecule has 92 valence electrons. The van der Waals surface area contributed by atoms with Crippen LogP contribution in [0.5, 0.6) is 0 Å². The number of rotatable bonds is 3. The smallest absolute Gasteiger partial charge is 0.255 e. The summed E-state index contributed by atoms with van der Waals surface area (Å²) in [5.41, 5.74) is 0.263. The SMILES string of the molecule is CNc1ncc(F)cc1C(=O)NC1CCCC1. The molecule has 0 radical (unpaired) electrons. The fraction of sp³-hybridized carbons (Fsp3) is 0.500. The van der Waals surface area contributed by atoms with Gasteiger partial charge in [-0.05, 0) is 18.9 Å². The van der Waals surface area contributed by atoms with Crippen LogP contribution >= 0.6 is 0 Å². The lowest BCUT2D eigenvalue weighted by Gasteiger charge is -2.13. The van der Waals surface area contributed by atoms with Crippen molar-refractivity contribution in [1.29, 1.82) is 0 Å². The zero-order valence-electron chi connectivity index (χ0n) is 9.79. The average molecular weight is 237 g/mol. The molecule has 1 aliphatic carbocycles. The van der Waals surface area contributed by atoms with Crippen LogP contribution in [-0.2, 0) is 0 Å². The van der Waals surface area contributed by atoms with Crippen LogP contribution in [0.3, 0.4) is 0 Å². The van der Waals surface area contributed by atoms with Gasteiger partial charge in [0.2, 0.25) is 0 Å². The Morgan fingerprint density at radius 3 is 2.82 bits per heavy atom. The van der Waals surface area contributed by atoms with Crippen LogP contribution in [0, 0.1) is 5.82 Å². The van der Waals surface area contributed by atoms with Crippen LogP contribution in [0.15, 0.2) is 12.3 Å². The lowest BCUT2D eigenvalue weighted by atomic mass is 10.2. The highest BCUT2D eigenvalue weighted by molar-refractivity contribution is 5.98. The van der Waals surface area contributed by atoms with Crippen molar-refractivity contribution in [3.8, 4) is 0 Å². The minimum atomic E-state index is -0.499. The fourth-order valence-corrected chi connectivity index (χ4v) is 2.14. The Bertz CT molecular complexity index is 416. The number of amides is 1. The minimum Gasteiger partial charge on any atom is -0.372 e. The zero-order chi connectivity index (χ0) is 12.3. The molecule has 1 saturated carbocycles. The number of halogens is 1. The number of nitrogens with zero attached hydrogens (tertiary/aromatic N) is 1. The highest BCUT2D eigenvalue weighted by Gasteiger charge is 2.20. The third-order valence-electron chi connectivity index (χ3n) is 3.03. The van der Waals surface area contributed by atoms with Gasteiger partial charge in [-0.25, -0.2) is 9.37 Å². The van der Waals surface area contributed by atoms with Gasteiger partial charge in [0.25, 0.3) is 5.91 Å². The van der Waals surface area contributed by atoms with Crippen molar-refractivity contribution in [1.82, 2.24) is 10.3 Å². The number of aromatic nitrogens is 1. The van der Waals surface area contributed by atoms with E-state index in [0.29, 0.717) is 5.82 Å². The first-order valence-electron chi connectivity index (χ1n) is 5.85. The zero-order valence-corrected chi connectivity index (χ0v) is 9.79. The monoisotopic (exact) mass is 237 g/mol. The molecule has 0 unspecified atom stereocenters. The number of carbonyl (C=O) groups excluding carboxylic acids is 1. The van der Waals surface area contributed by atoms with Crippen LogP contribution in [-0.4, -0.2) is 24.0 Å². The molecule has 1 aromatic rings. The molecule has 1 fully saturated rings. The van der Waals surface area contributed by atoms with E-state index in [9.17, 15) is 9.18 Å². The first kappa shape index (κ1) is 11.8. The van der Waals surface area contributed by atoms with E-state index in [4.69, 9.17) is 0 Å². The fourth-order valence-electron chi connectivity index (χ4n) is 2.14. The highest BCUT2D eigenvalue weighted by atomic mass is 19.1. The average Bonchev–Trinajstić information content (AvgIpc) is 2.81. The summed E-state index contributed by atoms with van der Waals surface area (Å²) in [5.74, 6) is -0.351. The minimum absolute atomic E-state index is 0.218. The van der Waals surface area contributed by atoms with Gasteiger partial charge in [-0.2, -0.15) is 0 Å². The molecule has 0 bridgehead atoms. The molecule has 1 heterocycles. The van der Waals surface area contributed by atoms with Crippen LogP contribution in [0.25, 0.3) is 0 Å². The largest absolute Gasteiger partial charge is 0.372 e. The molecule has 0 atom stereocenters. The second kappa shape index (κ2) is 5.12. The molecule has 0 spiro atoms. The molecule has 5 heteroatoms. The van der Waals surface area contributed by atoms with Crippen molar-refractivity contribution in [2.24, 2.45) is 0 Å². The van der Waals surface area contributed by atoms with Crippen molar-refractivity contribution in [2.75, 3.05) is 12.4 Å². The van der Waals surface area contributed by atoms with E-state index < -0.39 is 5.82 Å². The predicted octanol–water partition coefficient (Wildman–Crippen LogP) is 1.93. The second-order valence-corrected chi connectivity index (χ2v) is 4.25. The van der Waals surface area contributed by atoms with E-state index in [1.54, 1.807) is 7.05 Å². The summed E-state index contributed by atoms with van der Waals surface area (Å²) < 4.78 is 13.1. The molecule has 17 heavy (non-hydrogen) atoms. The molecule has 4 nitrogen and oxygen atoms in total. The van der Waals surface area contributed by atoms with Gasteiger partial charge in [-0.15, -0.1) is 0 Å². The van der Waals surface area contributed by atoms with Crippen LogP contribution < -0.4 is 10.6 Å². The Morgan fingerprint density at radius 1 is 1.47 bits per heavy atom. The van der Waals surface area contributed by atoms with Crippen LogP contribution in [0.1, 0.15) is 36.0 Å². The molecule has 1 aliphatic rings. The van der Waals surface area contributed by atoms with Crippen molar-refractivity contribution in [3.63, 3.8) is 0 Å². The van der Waals surface area contributed by atoms with Crippen LogP contribution in [0.4, 0.5) is 10.2 Å². The number of hydrogen-bond acceptors (Lipinski definition) is 3. The maximum Gasteiger partial charge on any atom is 0.255 e. The third-order valence-corrected chi connectivity index (χ3v) is 3.03. The Morgan fingerprint density at radius 2 is 2.18 bits per heavy atom. The summed E-state index contributed by atoms with van der Waals surface area (Å²) in [6, 6.07) is 1.43. The molecular weight excluding hydrogens is 221 g/mol. The maximum absolute atomic E-state index is 13.1. The third kappa shape index (κ3) is 2.72. The lowest BCUT2D eigenvalue weighted by Crippen LogP contribution is -2.33. The van der Waals surface area contributed by atoms with E-state index in [2.05, 4.69) is 15.6 Å². The summed E-state index contributed by atoms with van der Waals surface area (Å²) >= 11 is 0. The van der Waals surface area contributed by atoms with E-state index in [1.807, 2.05) is 0 Å². The summed E-state index contributed by atoms with van der Waals surface area (Å²) in [7, 11) is 1.66. The molecule has 0 saturated heterocycles. The standard InChI is InChI=1S/C12H16FN3O/c1-14-11-10(6-8(13)7-15-11)12(17)16-9-4-2-3-5-9/h6-7,9H,2-5H2,1H3,(H,14,15)(H,16,17). The summed E-state index contributed by atoms with van der Waals surface area (Å²) in [6.07, 6.45) is 5.39. The molecule has 1 aromatic heterocycles. The second-order valence-electron chi connectivity index (χ2n) is 4.25. The van der Waals surface area contributed by atoms with Gasteiger partial charge in [0, 0.05) is 13.1 Å². The van der Waals surface area contributed by atoms with E-state index in [1.165, 1.54) is 6.07 Å².